The Morgan fingerprint density at radius 3 is 2.41 bits per heavy atom. The number of aliphatic hydroxyl groups excluding tert-OH is 1. The first-order valence-corrected chi connectivity index (χ1v) is 5.20. The molecule has 0 saturated carbocycles. The van der Waals surface area contributed by atoms with Gasteiger partial charge in [-0.3, -0.25) is 4.79 Å². The number of hydrogen-bond donors (Lipinski definition) is 3. The molecule has 0 unspecified atom stereocenters. The average Bonchev–Trinajstić information content (AvgIpc) is 2.27. The standard InChI is InChI=1S/C12H17NO4/c1-12(2,7-14)13(3)11(17)9-5-4-8(15)6-10(9)16/h4-6,14-16H,7H2,1-3H3. The van der Waals surface area contributed by atoms with Crippen molar-refractivity contribution in [2.45, 2.75) is 19.4 Å². The van der Waals surface area contributed by atoms with E-state index < -0.39 is 11.4 Å². The zero-order valence-electron chi connectivity index (χ0n) is 10.1. The molecule has 0 radical (unpaired) electrons. The number of carbonyl (C=O) groups excluding carboxylic acids is 1. The molecule has 3 N–H and O–H groups in total. The minimum absolute atomic E-state index is 0.0897. The Kier molecular flexibility index (Phi) is 3.63. The van der Waals surface area contributed by atoms with Gasteiger partial charge in [0.05, 0.1) is 17.7 Å². The predicted octanol–water partition coefficient (Wildman–Crippen LogP) is 0.941. The van der Waals surface area contributed by atoms with Gasteiger partial charge in [-0.2, -0.15) is 0 Å². The molecule has 0 aromatic heterocycles. The summed E-state index contributed by atoms with van der Waals surface area (Å²) in [7, 11) is 1.55. The van der Waals surface area contributed by atoms with E-state index in [0.29, 0.717) is 0 Å². The summed E-state index contributed by atoms with van der Waals surface area (Å²) in [6, 6.07) is 3.77. The quantitative estimate of drug-likeness (QED) is 0.733. The van der Waals surface area contributed by atoms with E-state index in [9.17, 15) is 15.0 Å². The first-order valence-electron chi connectivity index (χ1n) is 5.20. The van der Waals surface area contributed by atoms with E-state index in [0.717, 1.165) is 6.07 Å². The summed E-state index contributed by atoms with van der Waals surface area (Å²) in [5, 5.41) is 27.9. The van der Waals surface area contributed by atoms with Crippen LogP contribution >= 0.6 is 0 Å². The number of amides is 1. The van der Waals surface area contributed by atoms with Gasteiger partial charge in [0.1, 0.15) is 11.5 Å². The minimum atomic E-state index is -0.721. The van der Waals surface area contributed by atoms with E-state index in [1.54, 1.807) is 20.9 Å². The lowest BCUT2D eigenvalue weighted by Gasteiger charge is -2.34. The Bertz CT molecular complexity index is 429. The van der Waals surface area contributed by atoms with E-state index in [-0.39, 0.29) is 23.7 Å². The summed E-state index contributed by atoms with van der Waals surface area (Å²) >= 11 is 0. The number of aromatic hydroxyl groups is 2. The predicted molar refractivity (Wildman–Crippen MR) is 63.0 cm³/mol. The van der Waals surface area contributed by atoms with Crippen LogP contribution in [-0.2, 0) is 0 Å². The number of likely N-dealkylation sites (N-methyl/N-ethyl adjacent to an activating group) is 1. The zero-order valence-corrected chi connectivity index (χ0v) is 10.1. The van der Waals surface area contributed by atoms with Crippen LogP contribution in [0.1, 0.15) is 24.2 Å². The zero-order chi connectivity index (χ0) is 13.2. The molecule has 0 bridgehead atoms. The summed E-state index contributed by atoms with van der Waals surface area (Å²) in [5.41, 5.74) is -0.631. The maximum absolute atomic E-state index is 12.1. The molecule has 0 heterocycles. The molecule has 94 valence electrons. The van der Waals surface area contributed by atoms with Crippen molar-refractivity contribution in [1.82, 2.24) is 4.90 Å². The number of aliphatic hydroxyl groups is 1. The molecule has 0 fully saturated rings. The van der Waals surface area contributed by atoms with Crippen LogP contribution in [0.4, 0.5) is 0 Å². The third-order valence-electron chi connectivity index (χ3n) is 2.81. The third-order valence-corrected chi connectivity index (χ3v) is 2.81. The second-order valence-electron chi connectivity index (χ2n) is 4.54. The SMILES string of the molecule is CN(C(=O)c1ccc(O)cc1O)C(C)(C)CO. The average molecular weight is 239 g/mol. The molecular weight excluding hydrogens is 222 g/mol. The van der Waals surface area contributed by atoms with Crippen molar-refractivity contribution in [2.75, 3.05) is 13.7 Å². The molecule has 0 spiro atoms. The van der Waals surface area contributed by atoms with Crippen LogP contribution in [0.15, 0.2) is 18.2 Å². The van der Waals surface area contributed by atoms with Gasteiger partial charge in [0.25, 0.3) is 5.91 Å². The second kappa shape index (κ2) is 4.63. The third kappa shape index (κ3) is 2.68. The molecule has 5 nitrogen and oxygen atoms in total. The summed E-state index contributed by atoms with van der Waals surface area (Å²) in [4.78, 5) is 13.4. The Labute approximate surface area is 99.9 Å². The van der Waals surface area contributed by atoms with Crippen molar-refractivity contribution in [3.63, 3.8) is 0 Å². The maximum Gasteiger partial charge on any atom is 0.257 e. The topological polar surface area (TPSA) is 81.0 Å². The van der Waals surface area contributed by atoms with Crippen molar-refractivity contribution in [3.8, 4) is 11.5 Å². The highest BCUT2D eigenvalue weighted by molar-refractivity contribution is 5.97. The molecule has 0 saturated heterocycles. The van der Waals surface area contributed by atoms with E-state index >= 15 is 0 Å². The van der Waals surface area contributed by atoms with Crippen LogP contribution in [0.5, 0.6) is 11.5 Å². The first kappa shape index (κ1) is 13.3. The van der Waals surface area contributed by atoms with E-state index in [1.165, 1.54) is 17.0 Å². The van der Waals surface area contributed by atoms with Gasteiger partial charge in [0.2, 0.25) is 0 Å². The molecule has 5 heteroatoms. The maximum atomic E-state index is 12.1. The van der Waals surface area contributed by atoms with Gasteiger partial charge in [0.15, 0.2) is 0 Å². The van der Waals surface area contributed by atoms with Crippen LogP contribution in [0.3, 0.4) is 0 Å². The molecule has 0 aliphatic carbocycles. The fraction of sp³-hybridized carbons (Fsp3) is 0.417. The number of benzene rings is 1. The Hall–Kier alpha value is -1.75. The van der Waals surface area contributed by atoms with E-state index in [4.69, 9.17) is 5.11 Å². The minimum Gasteiger partial charge on any atom is -0.508 e. The van der Waals surface area contributed by atoms with Gasteiger partial charge in [-0.15, -0.1) is 0 Å². The van der Waals surface area contributed by atoms with E-state index in [2.05, 4.69) is 0 Å². The van der Waals surface area contributed by atoms with Crippen molar-refractivity contribution in [1.29, 1.82) is 0 Å². The van der Waals surface area contributed by atoms with Crippen molar-refractivity contribution < 1.29 is 20.1 Å². The van der Waals surface area contributed by atoms with Crippen molar-refractivity contribution in [3.05, 3.63) is 23.8 Å². The monoisotopic (exact) mass is 239 g/mol. The summed E-state index contributed by atoms with van der Waals surface area (Å²) in [6.45, 7) is 3.23. The van der Waals surface area contributed by atoms with Crippen molar-refractivity contribution in [2.24, 2.45) is 0 Å². The fourth-order valence-electron chi connectivity index (χ4n) is 1.26. The smallest absolute Gasteiger partial charge is 0.257 e. The molecule has 1 aromatic rings. The Morgan fingerprint density at radius 2 is 1.94 bits per heavy atom. The molecule has 17 heavy (non-hydrogen) atoms. The lowest BCUT2D eigenvalue weighted by Crippen LogP contribution is -2.47. The second-order valence-corrected chi connectivity index (χ2v) is 4.54. The van der Waals surface area contributed by atoms with Crippen LogP contribution < -0.4 is 0 Å². The molecule has 1 rings (SSSR count). The van der Waals surface area contributed by atoms with Crippen LogP contribution in [0, 0.1) is 0 Å². The van der Waals surface area contributed by atoms with Crippen LogP contribution in [0.2, 0.25) is 0 Å². The summed E-state index contributed by atoms with van der Waals surface area (Å²) in [5.74, 6) is -0.805. The Balaban J connectivity index is 3.05. The molecule has 1 aromatic carbocycles. The van der Waals surface area contributed by atoms with Gasteiger partial charge in [0, 0.05) is 13.1 Å². The van der Waals surface area contributed by atoms with Crippen molar-refractivity contribution >= 4 is 5.91 Å². The van der Waals surface area contributed by atoms with Gasteiger partial charge in [-0.1, -0.05) is 0 Å². The molecule has 0 aliphatic rings. The number of hydrogen-bond acceptors (Lipinski definition) is 4. The Morgan fingerprint density at radius 1 is 1.35 bits per heavy atom. The molecular formula is C12H17NO4. The van der Waals surface area contributed by atoms with Crippen LogP contribution in [0.25, 0.3) is 0 Å². The number of rotatable bonds is 3. The number of phenolic OH excluding ortho intramolecular Hbond substituents is 2. The highest BCUT2D eigenvalue weighted by Crippen LogP contribution is 2.25. The van der Waals surface area contributed by atoms with Crippen LogP contribution in [-0.4, -0.2) is 45.3 Å². The molecule has 0 aliphatic heterocycles. The summed E-state index contributed by atoms with van der Waals surface area (Å²) < 4.78 is 0. The lowest BCUT2D eigenvalue weighted by molar-refractivity contribution is 0.0470. The molecule has 1 amide bonds. The van der Waals surface area contributed by atoms with Gasteiger partial charge in [-0.05, 0) is 26.0 Å². The first-order chi connectivity index (χ1) is 7.79. The lowest BCUT2D eigenvalue weighted by atomic mass is 10.0. The largest absolute Gasteiger partial charge is 0.508 e. The fourth-order valence-corrected chi connectivity index (χ4v) is 1.26. The van der Waals surface area contributed by atoms with E-state index in [1.807, 2.05) is 0 Å². The highest BCUT2D eigenvalue weighted by atomic mass is 16.3. The van der Waals surface area contributed by atoms with Gasteiger partial charge < -0.3 is 20.2 Å². The molecule has 0 atom stereocenters. The number of nitrogens with zero attached hydrogens (tertiary/aromatic N) is 1. The number of carbonyl (C=O) groups is 1. The van der Waals surface area contributed by atoms with Gasteiger partial charge in [-0.25, -0.2) is 0 Å². The highest BCUT2D eigenvalue weighted by Gasteiger charge is 2.28. The summed E-state index contributed by atoms with van der Waals surface area (Å²) in [6.07, 6.45) is 0. The van der Waals surface area contributed by atoms with Gasteiger partial charge >= 0.3 is 0 Å². The number of phenols is 2. The normalized spacial score (nSPS) is 11.3.